The summed E-state index contributed by atoms with van der Waals surface area (Å²) in [7, 11) is 0.381. The summed E-state index contributed by atoms with van der Waals surface area (Å²) >= 11 is 0. The van der Waals surface area contributed by atoms with Crippen molar-refractivity contribution in [3.63, 3.8) is 0 Å². The van der Waals surface area contributed by atoms with Gasteiger partial charge in [0.2, 0.25) is 0 Å². The second kappa shape index (κ2) is 11.0. The van der Waals surface area contributed by atoms with E-state index in [-0.39, 0.29) is 35.7 Å². The van der Waals surface area contributed by atoms with Gasteiger partial charge >= 0.3 is 0 Å². The maximum Gasteiger partial charge on any atom is 0.282 e. The number of amides is 2. The van der Waals surface area contributed by atoms with Crippen LogP contribution in [0.25, 0.3) is 11.1 Å². The van der Waals surface area contributed by atoms with Gasteiger partial charge in [-0.3, -0.25) is 23.9 Å². The summed E-state index contributed by atoms with van der Waals surface area (Å²) in [4.78, 5) is 30.3. The smallest absolute Gasteiger partial charge is 0.282 e. The van der Waals surface area contributed by atoms with Crippen molar-refractivity contribution in [2.75, 3.05) is 0 Å². The van der Waals surface area contributed by atoms with E-state index >= 15 is 0 Å². The first-order chi connectivity index (χ1) is 20.5. The van der Waals surface area contributed by atoms with Crippen molar-refractivity contribution < 1.29 is 31.5 Å². The molecule has 3 heterocycles. The van der Waals surface area contributed by atoms with Crippen LogP contribution in [0.1, 0.15) is 70.3 Å². The molecule has 220 valence electrons. The van der Waals surface area contributed by atoms with E-state index in [1.165, 1.54) is 27.7 Å². The molecule has 1 unspecified atom stereocenters. The Morgan fingerprint density at radius 2 is 1.84 bits per heavy atom. The number of hydrogen-bond donors (Lipinski definition) is 1. The molecule has 0 radical (unpaired) electrons. The van der Waals surface area contributed by atoms with Gasteiger partial charge in [-0.15, -0.1) is 0 Å². The third-order valence-corrected chi connectivity index (χ3v) is 8.96. The topological polar surface area (TPSA) is 94.1 Å². The molecule has 7 nitrogen and oxygen atoms in total. The second-order valence-electron chi connectivity index (χ2n) is 10.5. The van der Waals surface area contributed by atoms with E-state index in [1.54, 1.807) is 12.1 Å². The molecule has 43 heavy (non-hydrogen) atoms. The highest BCUT2D eigenvalue weighted by atomic mass is 31.1. The van der Waals surface area contributed by atoms with Crippen LogP contribution in [0.15, 0.2) is 54.7 Å². The Hall–Kier alpha value is -4.44. The summed E-state index contributed by atoms with van der Waals surface area (Å²) in [5.74, 6) is -4.12. The predicted molar refractivity (Wildman–Crippen MR) is 149 cm³/mol. The Balaban J connectivity index is 1.53. The van der Waals surface area contributed by atoms with E-state index in [0.29, 0.717) is 48.1 Å². The molecule has 2 aromatic carbocycles. The van der Waals surface area contributed by atoms with Gasteiger partial charge in [-0.2, -0.15) is 5.10 Å². The summed E-state index contributed by atoms with van der Waals surface area (Å²) in [5, 5.41) is 4.79. The lowest BCUT2D eigenvalue weighted by molar-refractivity contribution is -0.128. The summed E-state index contributed by atoms with van der Waals surface area (Å²) in [6.45, 7) is 1.48. The summed E-state index contributed by atoms with van der Waals surface area (Å²) in [6, 6.07) is 9.23. The van der Waals surface area contributed by atoms with Crippen LogP contribution in [-0.2, 0) is 17.8 Å². The van der Waals surface area contributed by atoms with Gasteiger partial charge in [-0.05, 0) is 60.2 Å². The first-order valence-corrected chi connectivity index (χ1v) is 14.1. The largest absolute Gasteiger partial charge is 0.366 e. The van der Waals surface area contributed by atoms with Gasteiger partial charge in [0.15, 0.2) is 0 Å². The minimum atomic E-state index is -2.80. The van der Waals surface area contributed by atoms with Crippen molar-refractivity contribution in [3.8, 4) is 11.1 Å². The number of aromatic nitrogens is 3. The molecule has 0 fully saturated rings. The minimum absolute atomic E-state index is 0.0679. The van der Waals surface area contributed by atoms with Crippen LogP contribution >= 0.6 is 8.35 Å². The van der Waals surface area contributed by atoms with E-state index in [4.69, 9.17) is 5.73 Å². The average molecular weight is 612 g/mol. The highest BCUT2D eigenvalue weighted by molar-refractivity contribution is 7.39. The molecule has 2 amide bonds. The fraction of sp³-hybridized carbons (Fsp3) is 0.233. The Kier molecular flexibility index (Phi) is 7.33. The van der Waals surface area contributed by atoms with Crippen molar-refractivity contribution in [2.24, 2.45) is 5.73 Å². The maximum atomic E-state index is 14.3. The molecular formula is C30H23F5N5O2P. The average Bonchev–Trinajstić information content (AvgIpc) is 3.44. The number of alkyl halides is 2. The zero-order valence-electron chi connectivity index (χ0n) is 22.6. The second-order valence-corrected chi connectivity index (χ2v) is 11.7. The number of carbonyl (C=O) groups is 2. The Morgan fingerprint density at radius 3 is 2.53 bits per heavy atom. The molecular weight excluding hydrogens is 588 g/mol. The normalized spacial score (nSPS) is 17.1. The molecule has 1 aliphatic heterocycles. The van der Waals surface area contributed by atoms with Gasteiger partial charge in [0, 0.05) is 37.0 Å². The number of nitrogens with zero attached hydrogens (tertiary/aromatic N) is 4. The molecule has 13 heteroatoms. The fourth-order valence-electron chi connectivity index (χ4n) is 5.83. The SMILES string of the molecule is CC1CC2=PN([C@@H](Cc3cc(F)cc(F)c3)c3ncccc3-c3ccc(F)c(C(N)=O)c3)C(=O)Cn3nc(C(F)F)c1c32. The van der Waals surface area contributed by atoms with Crippen molar-refractivity contribution in [2.45, 2.75) is 44.7 Å². The molecule has 0 spiro atoms. The number of carbonyl (C=O) groups excluding carboxylic acids is 2. The molecule has 0 saturated heterocycles. The van der Waals surface area contributed by atoms with Crippen molar-refractivity contribution >= 4 is 25.5 Å². The summed E-state index contributed by atoms with van der Waals surface area (Å²) in [6.07, 6.45) is -0.971. The zero-order valence-corrected chi connectivity index (χ0v) is 23.5. The maximum absolute atomic E-state index is 14.3. The molecule has 0 bridgehead atoms. The lowest BCUT2D eigenvalue weighted by atomic mass is 9.94. The number of nitrogens with two attached hydrogens (primary N) is 1. The number of primary amides is 1. The van der Waals surface area contributed by atoms with Crippen LogP contribution in [0.3, 0.4) is 0 Å². The molecule has 2 aliphatic rings. The van der Waals surface area contributed by atoms with Crippen molar-refractivity contribution in [3.05, 3.63) is 106 Å². The first-order valence-electron chi connectivity index (χ1n) is 13.3. The van der Waals surface area contributed by atoms with Gasteiger partial charge in [0.25, 0.3) is 18.2 Å². The van der Waals surface area contributed by atoms with E-state index in [0.717, 1.165) is 24.3 Å². The molecule has 2 N–H and O–H groups in total. The van der Waals surface area contributed by atoms with Crippen molar-refractivity contribution in [1.82, 2.24) is 19.4 Å². The molecule has 1 aliphatic carbocycles. The molecule has 0 saturated carbocycles. The van der Waals surface area contributed by atoms with Gasteiger partial charge < -0.3 is 5.73 Å². The molecule has 6 rings (SSSR count). The van der Waals surface area contributed by atoms with Gasteiger partial charge in [-0.25, -0.2) is 22.0 Å². The van der Waals surface area contributed by atoms with E-state index in [2.05, 4.69) is 10.1 Å². The fourth-order valence-corrected chi connectivity index (χ4v) is 7.28. The number of halogens is 5. The lowest BCUT2D eigenvalue weighted by Crippen LogP contribution is -2.32. The third kappa shape index (κ3) is 5.20. The number of benzene rings is 2. The third-order valence-electron chi connectivity index (χ3n) is 7.60. The van der Waals surface area contributed by atoms with Crippen LogP contribution < -0.4 is 5.73 Å². The van der Waals surface area contributed by atoms with Gasteiger partial charge in [0.1, 0.15) is 29.7 Å². The monoisotopic (exact) mass is 611 g/mol. The minimum Gasteiger partial charge on any atom is -0.366 e. The predicted octanol–water partition coefficient (Wildman–Crippen LogP) is 6.11. The standard InChI is InChI=1S/C30H23F5N5O2P/c1-14-7-23-28-25(14)27(29(34)35)38-39(28)13-24(41)40(43-23)22(10-15-8-17(31)12-18(32)9-15)26-19(3-2-6-37-26)16-4-5-21(33)20(11-16)30(36)42/h2-6,8-9,11-12,14,22,29H,7,10,13H2,1H3,(H2,36,42)/t14?,22-/m0/s1. The quantitative estimate of drug-likeness (QED) is 0.202. The first kappa shape index (κ1) is 28.7. The Morgan fingerprint density at radius 1 is 1.09 bits per heavy atom. The van der Waals surface area contributed by atoms with Crippen molar-refractivity contribution in [1.29, 1.82) is 0 Å². The van der Waals surface area contributed by atoms with Crippen LogP contribution in [-0.4, -0.2) is 36.5 Å². The number of rotatable bonds is 7. The molecule has 2 aromatic heterocycles. The highest BCUT2D eigenvalue weighted by Crippen LogP contribution is 2.45. The van der Waals surface area contributed by atoms with Crippen LogP contribution in [0.2, 0.25) is 0 Å². The summed E-state index contributed by atoms with van der Waals surface area (Å²) in [5.41, 5.74) is 6.98. The van der Waals surface area contributed by atoms with Gasteiger partial charge in [0.05, 0.1) is 23.0 Å². The Labute approximate surface area is 244 Å². The number of hydrogen-bond acceptors (Lipinski definition) is 4. The highest BCUT2D eigenvalue weighted by Gasteiger charge is 2.40. The van der Waals surface area contributed by atoms with Gasteiger partial charge in [-0.1, -0.05) is 19.1 Å². The van der Waals surface area contributed by atoms with E-state index in [9.17, 15) is 31.5 Å². The molecule has 2 atom stereocenters. The molecule has 4 aromatic rings. The van der Waals surface area contributed by atoms with Crippen LogP contribution in [0.4, 0.5) is 22.0 Å². The van der Waals surface area contributed by atoms with E-state index in [1.807, 2.05) is 6.92 Å². The van der Waals surface area contributed by atoms with Crippen LogP contribution in [0.5, 0.6) is 0 Å². The summed E-state index contributed by atoms with van der Waals surface area (Å²) < 4.78 is 73.4. The Bertz CT molecular complexity index is 1800. The van der Waals surface area contributed by atoms with E-state index < -0.39 is 41.7 Å². The zero-order chi connectivity index (χ0) is 30.6. The van der Waals surface area contributed by atoms with Crippen LogP contribution in [0, 0.1) is 17.5 Å². The lowest BCUT2D eigenvalue weighted by Gasteiger charge is -2.29. The number of pyridine rings is 1.